The van der Waals surface area contributed by atoms with Crippen LogP contribution in [0.2, 0.25) is 0 Å². The Morgan fingerprint density at radius 2 is 1.87 bits per heavy atom. The van der Waals surface area contributed by atoms with E-state index in [-0.39, 0.29) is 24.8 Å². The number of nitrogens with zero attached hydrogens (tertiary/aromatic N) is 4. The highest BCUT2D eigenvalue weighted by molar-refractivity contribution is 6.05. The SMILES string of the molecule is CCOc1ccccc1C1=NN(C(=O)CCC(=O)O)C(c2ccc3nccnc3c2)C1. The summed E-state index contributed by atoms with van der Waals surface area (Å²) < 4.78 is 5.74. The summed E-state index contributed by atoms with van der Waals surface area (Å²) in [6.45, 7) is 2.42. The summed E-state index contributed by atoms with van der Waals surface area (Å²) in [7, 11) is 0. The zero-order valence-electron chi connectivity index (χ0n) is 17.1. The number of ether oxygens (including phenoxy) is 1. The lowest BCUT2D eigenvalue weighted by molar-refractivity contribution is -0.141. The zero-order chi connectivity index (χ0) is 21.8. The number of carboxylic acid groups (broad SMARTS) is 1. The van der Waals surface area contributed by atoms with Gasteiger partial charge in [0.1, 0.15) is 5.75 Å². The first-order valence-electron chi connectivity index (χ1n) is 10.1. The van der Waals surface area contributed by atoms with E-state index in [4.69, 9.17) is 9.84 Å². The standard InChI is InChI=1S/C23H22N4O4/c1-2-31-21-6-4-3-5-16(21)18-14-20(27(26-18)22(28)9-10-23(29)30)15-7-8-17-19(13-15)25-12-11-24-17/h3-8,11-13,20H,2,9-10,14H2,1H3,(H,29,30). The van der Waals surface area contributed by atoms with Crippen molar-refractivity contribution < 1.29 is 19.4 Å². The van der Waals surface area contributed by atoms with Crippen molar-refractivity contribution in [1.82, 2.24) is 15.0 Å². The number of para-hydroxylation sites is 1. The molecule has 0 spiro atoms. The Labute approximate surface area is 179 Å². The molecule has 3 aromatic rings. The van der Waals surface area contributed by atoms with Crippen LogP contribution < -0.4 is 4.74 Å². The largest absolute Gasteiger partial charge is 0.493 e. The van der Waals surface area contributed by atoms with Gasteiger partial charge in [0, 0.05) is 30.8 Å². The lowest BCUT2D eigenvalue weighted by Crippen LogP contribution is -2.27. The molecule has 0 fully saturated rings. The third kappa shape index (κ3) is 4.37. The molecule has 8 nitrogen and oxygen atoms in total. The van der Waals surface area contributed by atoms with Crippen LogP contribution in [0.1, 0.15) is 43.4 Å². The fourth-order valence-corrected chi connectivity index (χ4v) is 3.67. The van der Waals surface area contributed by atoms with Crippen molar-refractivity contribution in [1.29, 1.82) is 0 Å². The second-order valence-electron chi connectivity index (χ2n) is 7.13. The van der Waals surface area contributed by atoms with E-state index in [0.29, 0.717) is 18.8 Å². The number of carbonyl (C=O) groups excluding carboxylic acids is 1. The summed E-state index contributed by atoms with van der Waals surface area (Å²) in [6.07, 6.45) is 3.37. The van der Waals surface area contributed by atoms with Gasteiger partial charge in [-0.25, -0.2) is 5.01 Å². The van der Waals surface area contributed by atoms with Crippen LogP contribution in [0.5, 0.6) is 5.75 Å². The van der Waals surface area contributed by atoms with Crippen molar-refractivity contribution in [3.8, 4) is 5.75 Å². The molecule has 31 heavy (non-hydrogen) atoms. The van der Waals surface area contributed by atoms with Gasteiger partial charge in [-0.2, -0.15) is 5.10 Å². The highest BCUT2D eigenvalue weighted by atomic mass is 16.5. The van der Waals surface area contributed by atoms with E-state index < -0.39 is 5.97 Å². The third-order valence-corrected chi connectivity index (χ3v) is 5.09. The lowest BCUT2D eigenvalue weighted by atomic mass is 9.97. The summed E-state index contributed by atoms with van der Waals surface area (Å²) >= 11 is 0. The minimum Gasteiger partial charge on any atom is -0.493 e. The van der Waals surface area contributed by atoms with Gasteiger partial charge in [0.25, 0.3) is 0 Å². The molecule has 1 amide bonds. The van der Waals surface area contributed by atoms with Gasteiger partial charge in [-0.15, -0.1) is 0 Å². The second-order valence-corrected chi connectivity index (χ2v) is 7.13. The van der Waals surface area contributed by atoms with E-state index >= 15 is 0 Å². The van der Waals surface area contributed by atoms with E-state index in [1.165, 1.54) is 5.01 Å². The number of hydrogen-bond acceptors (Lipinski definition) is 6. The smallest absolute Gasteiger partial charge is 0.303 e. The monoisotopic (exact) mass is 418 g/mol. The Balaban J connectivity index is 1.71. The van der Waals surface area contributed by atoms with Gasteiger partial charge in [-0.3, -0.25) is 19.6 Å². The number of hydrazone groups is 1. The van der Waals surface area contributed by atoms with Gasteiger partial charge in [-0.1, -0.05) is 18.2 Å². The quantitative estimate of drug-likeness (QED) is 0.629. The van der Waals surface area contributed by atoms with E-state index in [1.54, 1.807) is 12.4 Å². The maximum atomic E-state index is 12.9. The van der Waals surface area contributed by atoms with E-state index in [0.717, 1.165) is 27.9 Å². The van der Waals surface area contributed by atoms with Gasteiger partial charge in [0.2, 0.25) is 5.91 Å². The topological polar surface area (TPSA) is 105 Å². The summed E-state index contributed by atoms with van der Waals surface area (Å²) in [5.74, 6) is -0.654. The summed E-state index contributed by atoms with van der Waals surface area (Å²) in [5, 5.41) is 15.0. The molecule has 1 N–H and O–H groups in total. The van der Waals surface area contributed by atoms with Crippen molar-refractivity contribution >= 4 is 28.6 Å². The molecular formula is C23H22N4O4. The van der Waals surface area contributed by atoms with E-state index in [9.17, 15) is 9.59 Å². The van der Waals surface area contributed by atoms with Crippen molar-refractivity contribution in [2.75, 3.05) is 6.61 Å². The maximum absolute atomic E-state index is 12.9. The molecule has 158 valence electrons. The van der Waals surface area contributed by atoms with Gasteiger partial charge in [0.15, 0.2) is 0 Å². The average Bonchev–Trinajstić information content (AvgIpc) is 3.23. The summed E-state index contributed by atoms with van der Waals surface area (Å²) in [4.78, 5) is 32.5. The molecule has 4 rings (SSSR count). The Bertz CT molecular complexity index is 1160. The van der Waals surface area contributed by atoms with Crippen LogP contribution in [0, 0.1) is 0 Å². The van der Waals surface area contributed by atoms with Crippen LogP contribution in [0.25, 0.3) is 11.0 Å². The van der Waals surface area contributed by atoms with Crippen LogP contribution >= 0.6 is 0 Å². The highest BCUT2D eigenvalue weighted by Crippen LogP contribution is 2.36. The molecule has 8 heteroatoms. The predicted molar refractivity (Wildman–Crippen MR) is 115 cm³/mol. The molecule has 1 aliphatic heterocycles. The van der Waals surface area contributed by atoms with Gasteiger partial charge in [-0.05, 0) is 36.8 Å². The van der Waals surface area contributed by atoms with Crippen LogP contribution in [-0.2, 0) is 9.59 Å². The van der Waals surface area contributed by atoms with Crippen LogP contribution in [0.15, 0.2) is 60.0 Å². The predicted octanol–water partition coefficient (Wildman–Crippen LogP) is 3.57. The molecule has 2 aromatic carbocycles. The average molecular weight is 418 g/mol. The van der Waals surface area contributed by atoms with Crippen LogP contribution in [-0.4, -0.2) is 44.3 Å². The Hall–Kier alpha value is -3.81. The Morgan fingerprint density at radius 3 is 2.65 bits per heavy atom. The van der Waals surface area contributed by atoms with Gasteiger partial charge in [0.05, 0.1) is 35.8 Å². The number of aliphatic carboxylic acids is 1. The normalized spacial score (nSPS) is 15.7. The zero-order valence-corrected chi connectivity index (χ0v) is 17.1. The number of carbonyl (C=O) groups is 2. The Morgan fingerprint density at radius 1 is 1.10 bits per heavy atom. The van der Waals surface area contributed by atoms with E-state index in [1.807, 2.05) is 49.4 Å². The third-order valence-electron chi connectivity index (χ3n) is 5.09. The lowest BCUT2D eigenvalue weighted by Gasteiger charge is -2.22. The fourth-order valence-electron chi connectivity index (χ4n) is 3.67. The number of fused-ring (bicyclic) bond motifs is 1. The molecule has 1 aliphatic rings. The second kappa shape index (κ2) is 8.91. The summed E-state index contributed by atoms with van der Waals surface area (Å²) in [5.41, 5.74) is 3.89. The minimum absolute atomic E-state index is 0.122. The molecule has 1 aromatic heterocycles. The van der Waals surface area contributed by atoms with Gasteiger partial charge < -0.3 is 9.84 Å². The first-order chi connectivity index (χ1) is 15.1. The molecule has 1 unspecified atom stereocenters. The molecule has 1 atom stereocenters. The maximum Gasteiger partial charge on any atom is 0.303 e. The number of hydrogen-bond donors (Lipinski definition) is 1. The number of rotatable bonds is 7. The summed E-state index contributed by atoms with van der Waals surface area (Å²) in [6, 6.07) is 12.9. The van der Waals surface area contributed by atoms with Crippen molar-refractivity contribution in [3.05, 3.63) is 66.0 Å². The Kier molecular flexibility index (Phi) is 5.88. The first-order valence-corrected chi connectivity index (χ1v) is 10.1. The van der Waals surface area contributed by atoms with Crippen LogP contribution in [0.3, 0.4) is 0 Å². The van der Waals surface area contributed by atoms with Crippen molar-refractivity contribution in [2.45, 2.75) is 32.2 Å². The highest BCUT2D eigenvalue weighted by Gasteiger charge is 2.34. The number of benzene rings is 2. The van der Waals surface area contributed by atoms with Crippen molar-refractivity contribution in [2.24, 2.45) is 5.10 Å². The molecule has 0 aliphatic carbocycles. The van der Waals surface area contributed by atoms with Crippen molar-refractivity contribution in [3.63, 3.8) is 0 Å². The number of amides is 1. The molecule has 0 bridgehead atoms. The molecule has 0 radical (unpaired) electrons. The molecule has 0 saturated carbocycles. The minimum atomic E-state index is -1.02. The van der Waals surface area contributed by atoms with Crippen LogP contribution in [0.4, 0.5) is 0 Å². The fraction of sp³-hybridized carbons (Fsp3) is 0.261. The molecule has 0 saturated heterocycles. The number of aromatic nitrogens is 2. The molecule has 2 heterocycles. The first kappa shape index (κ1) is 20.5. The van der Waals surface area contributed by atoms with E-state index in [2.05, 4.69) is 15.1 Å². The molecular weight excluding hydrogens is 396 g/mol. The van der Waals surface area contributed by atoms with Gasteiger partial charge >= 0.3 is 5.97 Å². The number of carboxylic acids is 1.